The molecular formula is C47H44N6O7. The molecule has 6 atom stereocenters. The number of aromatic nitrogens is 2. The van der Waals surface area contributed by atoms with Crippen LogP contribution in [0, 0.1) is 17.8 Å². The maximum Gasteiger partial charge on any atom is 0.324 e. The third-order valence-electron chi connectivity index (χ3n) is 12.0. The van der Waals surface area contributed by atoms with Gasteiger partial charge < -0.3 is 34.8 Å². The summed E-state index contributed by atoms with van der Waals surface area (Å²) in [4.78, 5) is 61.1. The Bertz CT molecular complexity index is 2440. The second kappa shape index (κ2) is 16.6. The van der Waals surface area contributed by atoms with E-state index in [1.54, 1.807) is 41.6 Å². The Morgan fingerprint density at radius 2 is 1.53 bits per heavy atom. The Kier molecular flexibility index (Phi) is 10.7. The van der Waals surface area contributed by atoms with E-state index in [1.807, 2.05) is 89.8 Å². The molecule has 0 aliphatic carbocycles. The van der Waals surface area contributed by atoms with Crippen molar-refractivity contribution in [2.24, 2.45) is 5.92 Å². The lowest BCUT2D eigenvalue weighted by molar-refractivity contribution is -0.179. The maximum absolute atomic E-state index is 15.8. The summed E-state index contributed by atoms with van der Waals surface area (Å²) in [5.41, 5.74) is 2.18. The number of carbonyl (C=O) groups is 3. The molecule has 3 saturated heterocycles. The Morgan fingerprint density at radius 3 is 2.25 bits per heavy atom. The molecular weight excluding hydrogens is 761 g/mol. The van der Waals surface area contributed by atoms with Crippen LogP contribution in [0.3, 0.4) is 0 Å². The predicted molar refractivity (Wildman–Crippen MR) is 221 cm³/mol. The van der Waals surface area contributed by atoms with Gasteiger partial charge in [0.1, 0.15) is 29.9 Å². The van der Waals surface area contributed by atoms with E-state index < -0.39 is 47.4 Å². The molecule has 304 valence electrons. The topological polar surface area (TPSA) is 158 Å². The number of morpholine rings is 1. The number of benzene rings is 4. The molecule has 0 radical (unpaired) electrons. The Labute approximate surface area is 347 Å². The molecule has 5 aromatic rings. The van der Waals surface area contributed by atoms with Crippen LogP contribution in [0.4, 0.5) is 11.6 Å². The van der Waals surface area contributed by atoms with Crippen LogP contribution >= 0.6 is 0 Å². The van der Waals surface area contributed by atoms with Gasteiger partial charge >= 0.3 is 5.97 Å². The van der Waals surface area contributed by atoms with Crippen molar-refractivity contribution in [3.8, 4) is 17.6 Å². The van der Waals surface area contributed by atoms with E-state index in [4.69, 9.17) is 9.47 Å². The highest BCUT2D eigenvalue weighted by molar-refractivity contribution is 6.12. The minimum atomic E-state index is -1.70. The monoisotopic (exact) mass is 804 g/mol. The number of fused-ring (bicyclic) bond motifs is 3. The Hall–Kier alpha value is -6.59. The first-order chi connectivity index (χ1) is 29.4. The van der Waals surface area contributed by atoms with E-state index in [0.29, 0.717) is 60.3 Å². The number of piperazine rings is 1. The average molecular weight is 805 g/mol. The van der Waals surface area contributed by atoms with Crippen molar-refractivity contribution < 1.29 is 34.1 Å². The summed E-state index contributed by atoms with van der Waals surface area (Å²) in [6.07, 6.45) is 2.80. The number of aliphatic hydroxyl groups is 2. The van der Waals surface area contributed by atoms with Crippen LogP contribution in [0.5, 0.6) is 5.75 Å². The molecule has 3 fully saturated rings. The third-order valence-corrected chi connectivity index (χ3v) is 12.0. The molecule has 0 bridgehead atoms. The Balaban J connectivity index is 1.28. The number of hydrogen-bond donors (Lipinski definition) is 3. The van der Waals surface area contributed by atoms with Gasteiger partial charge in [0.2, 0.25) is 17.8 Å². The van der Waals surface area contributed by atoms with Crippen LogP contribution in [0.15, 0.2) is 122 Å². The van der Waals surface area contributed by atoms with Crippen molar-refractivity contribution in [3.05, 3.63) is 149 Å². The van der Waals surface area contributed by atoms with E-state index in [0.717, 1.165) is 11.1 Å². The molecule has 9 rings (SSSR count). The van der Waals surface area contributed by atoms with Gasteiger partial charge in [-0.25, -0.2) is 9.97 Å². The molecule has 0 saturated carbocycles. The first-order valence-electron chi connectivity index (χ1n) is 20.2. The molecule has 4 aliphatic rings. The van der Waals surface area contributed by atoms with Crippen molar-refractivity contribution in [1.29, 1.82) is 0 Å². The highest BCUT2D eigenvalue weighted by atomic mass is 16.6. The fraction of sp³-hybridized carbons (Fsp3) is 0.298. The number of rotatable bonds is 9. The fourth-order valence-electron chi connectivity index (χ4n) is 9.59. The van der Waals surface area contributed by atoms with Crippen molar-refractivity contribution in [2.45, 2.75) is 36.1 Å². The molecule has 4 aromatic carbocycles. The number of nitrogens with zero attached hydrogens (tertiary/aromatic N) is 5. The molecule has 13 heteroatoms. The number of amides is 2. The van der Waals surface area contributed by atoms with Gasteiger partial charge in [0.25, 0.3) is 0 Å². The van der Waals surface area contributed by atoms with Gasteiger partial charge in [-0.2, -0.15) is 0 Å². The number of anilines is 2. The average Bonchev–Trinajstić information content (AvgIpc) is 3.77. The molecule has 6 unspecified atom stereocenters. The summed E-state index contributed by atoms with van der Waals surface area (Å²) < 4.78 is 12.5. The SMILES string of the molecule is O=C1OC(c2ccccc2)C(c2ccccc2)N2C1C(C(=O)N1CCN(c3ncccn3)CC1)C1(C(=O)Nc3ccc(C#CCCO)cc31)C2c1cccc(OCCO)c1. The molecule has 5 heterocycles. The highest BCUT2D eigenvalue weighted by Crippen LogP contribution is 2.65. The van der Waals surface area contributed by atoms with Gasteiger partial charge in [0.05, 0.1) is 31.2 Å². The lowest BCUT2D eigenvalue weighted by Gasteiger charge is -2.46. The second-order valence-corrected chi connectivity index (χ2v) is 15.3. The van der Waals surface area contributed by atoms with Crippen LogP contribution in [-0.2, 0) is 24.5 Å². The summed E-state index contributed by atoms with van der Waals surface area (Å²) in [7, 11) is 0. The number of aliphatic hydroxyl groups excluding tert-OH is 2. The van der Waals surface area contributed by atoms with Gasteiger partial charge in [-0.1, -0.05) is 84.6 Å². The standard InChI is InChI=1S/C47H44N6O7/c54-26-8-7-11-31-18-19-37-36(29-31)47(45(58)50-37)38(43(56)51-22-24-52(25-23-51)46-48-20-10-21-49-46)40-44(57)60-41(33-14-5-2-6-15-33)39(32-12-3-1-4-13-32)53(40)42(47)34-16-9-17-35(30-34)59-28-27-55/h1-6,9-10,12-21,29-30,38-42,54-55H,8,22-28H2,(H,50,58). The van der Waals surface area contributed by atoms with Gasteiger partial charge in [-0.3, -0.25) is 19.3 Å². The molecule has 1 aromatic heterocycles. The number of carbonyl (C=O) groups excluding carboxylic acids is 3. The molecule has 60 heavy (non-hydrogen) atoms. The third kappa shape index (κ3) is 6.72. The summed E-state index contributed by atoms with van der Waals surface area (Å²) in [5.74, 6) is 4.50. The van der Waals surface area contributed by atoms with Gasteiger partial charge in [-0.05, 0) is 58.7 Å². The van der Waals surface area contributed by atoms with Gasteiger partial charge in [0, 0.05) is 56.2 Å². The zero-order valence-corrected chi connectivity index (χ0v) is 32.8. The summed E-state index contributed by atoms with van der Waals surface area (Å²) >= 11 is 0. The quantitative estimate of drug-likeness (QED) is 0.145. The van der Waals surface area contributed by atoms with E-state index in [2.05, 4.69) is 32.0 Å². The summed E-state index contributed by atoms with van der Waals surface area (Å²) in [5, 5.41) is 22.4. The number of nitrogens with one attached hydrogen (secondary N) is 1. The minimum absolute atomic E-state index is 0.0426. The largest absolute Gasteiger partial charge is 0.491 e. The fourth-order valence-corrected chi connectivity index (χ4v) is 9.59. The van der Waals surface area contributed by atoms with Crippen molar-refractivity contribution in [3.63, 3.8) is 0 Å². The van der Waals surface area contributed by atoms with Crippen molar-refractivity contribution in [2.75, 3.05) is 56.2 Å². The minimum Gasteiger partial charge on any atom is -0.491 e. The maximum atomic E-state index is 15.8. The number of esters is 1. The smallest absolute Gasteiger partial charge is 0.324 e. The second-order valence-electron chi connectivity index (χ2n) is 15.3. The van der Waals surface area contributed by atoms with Crippen LogP contribution in [0.25, 0.3) is 0 Å². The van der Waals surface area contributed by atoms with Gasteiger partial charge in [0.15, 0.2) is 0 Å². The zero-order chi connectivity index (χ0) is 41.2. The van der Waals surface area contributed by atoms with Gasteiger partial charge in [-0.15, -0.1) is 0 Å². The highest BCUT2D eigenvalue weighted by Gasteiger charge is 2.74. The van der Waals surface area contributed by atoms with E-state index in [-0.39, 0.29) is 32.1 Å². The number of ether oxygens (including phenoxy) is 2. The van der Waals surface area contributed by atoms with Crippen LogP contribution < -0.4 is 15.0 Å². The van der Waals surface area contributed by atoms with Crippen LogP contribution in [0.1, 0.15) is 52.4 Å². The first kappa shape index (κ1) is 38.9. The number of hydrogen-bond acceptors (Lipinski definition) is 11. The van der Waals surface area contributed by atoms with Crippen molar-refractivity contribution >= 4 is 29.4 Å². The molecule has 2 amide bonds. The molecule has 3 N–H and O–H groups in total. The lowest BCUT2D eigenvalue weighted by Crippen LogP contribution is -2.58. The van der Waals surface area contributed by atoms with Crippen LogP contribution in [0.2, 0.25) is 0 Å². The first-order valence-corrected chi connectivity index (χ1v) is 20.2. The summed E-state index contributed by atoms with van der Waals surface area (Å²) in [6, 6.07) is 31.0. The van der Waals surface area contributed by atoms with Crippen LogP contribution in [-0.4, -0.2) is 99.8 Å². The van der Waals surface area contributed by atoms with E-state index in [1.165, 1.54) is 0 Å². The predicted octanol–water partition coefficient (Wildman–Crippen LogP) is 4.20. The van der Waals surface area contributed by atoms with E-state index in [9.17, 15) is 10.2 Å². The molecule has 13 nitrogen and oxygen atoms in total. The number of cyclic esters (lactones) is 1. The zero-order valence-electron chi connectivity index (χ0n) is 32.8. The van der Waals surface area contributed by atoms with E-state index >= 15 is 14.4 Å². The normalized spacial score (nSPS) is 24.5. The Morgan fingerprint density at radius 1 is 0.817 bits per heavy atom. The lowest BCUT2D eigenvalue weighted by atomic mass is 9.65. The summed E-state index contributed by atoms with van der Waals surface area (Å²) in [6.45, 7) is 1.22. The molecule has 4 aliphatic heterocycles. The van der Waals surface area contributed by atoms with Crippen molar-refractivity contribution in [1.82, 2.24) is 19.8 Å². The molecule has 1 spiro atoms.